The van der Waals surface area contributed by atoms with Crippen LogP contribution in [0.3, 0.4) is 0 Å². The minimum Gasteiger partial charge on any atom is -0.493 e. The number of carbonyl (C=O) groups is 1. The van der Waals surface area contributed by atoms with Crippen molar-refractivity contribution in [1.29, 1.82) is 0 Å². The number of hydrogen-bond donors (Lipinski definition) is 1. The van der Waals surface area contributed by atoms with Crippen molar-refractivity contribution < 1.29 is 23.7 Å². The standard InChI is InChI=1S/C26H28IN7O5/c1-36-22-16-18(6-7-21(22)39-23(35)19-4-2-3-5-20(19)27)17-28-32-24-29-25(33-8-12-37-13-9-33)31-26(30-24)34-10-14-38-15-11-34/h2-7,16-17H,8-15H2,1H3,(H,29,30,31,32)/b28-17+. The SMILES string of the molecule is COc1cc(/C=N/Nc2nc(N3CCOCC3)nc(N3CCOCC3)n2)ccc1OC(=O)c1ccccc1I. The molecule has 13 heteroatoms. The fourth-order valence-electron chi connectivity index (χ4n) is 4.01. The highest BCUT2D eigenvalue weighted by Crippen LogP contribution is 2.29. The van der Waals surface area contributed by atoms with Crippen molar-refractivity contribution in [3.63, 3.8) is 0 Å². The van der Waals surface area contributed by atoms with Crippen molar-refractivity contribution in [2.45, 2.75) is 0 Å². The summed E-state index contributed by atoms with van der Waals surface area (Å²) >= 11 is 2.10. The second-order valence-electron chi connectivity index (χ2n) is 8.61. The van der Waals surface area contributed by atoms with Crippen LogP contribution in [-0.2, 0) is 9.47 Å². The van der Waals surface area contributed by atoms with E-state index in [0.29, 0.717) is 87.5 Å². The maximum Gasteiger partial charge on any atom is 0.344 e. The number of anilines is 3. The molecule has 2 aliphatic rings. The molecule has 2 aliphatic heterocycles. The third-order valence-corrected chi connectivity index (χ3v) is 7.00. The molecule has 0 atom stereocenters. The summed E-state index contributed by atoms with van der Waals surface area (Å²) in [6, 6.07) is 12.4. The Balaban J connectivity index is 1.31. The maximum atomic E-state index is 12.6. The van der Waals surface area contributed by atoms with E-state index < -0.39 is 5.97 Å². The summed E-state index contributed by atoms with van der Waals surface area (Å²) in [6.45, 7) is 5.30. The van der Waals surface area contributed by atoms with Gasteiger partial charge >= 0.3 is 5.97 Å². The normalized spacial score (nSPS) is 15.8. The second-order valence-corrected chi connectivity index (χ2v) is 9.77. The number of ether oxygens (including phenoxy) is 4. The summed E-state index contributed by atoms with van der Waals surface area (Å²) in [5.41, 5.74) is 4.14. The van der Waals surface area contributed by atoms with Crippen molar-refractivity contribution in [2.75, 3.05) is 74.9 Å². The molecule has 1 N–H and O–H groups in total. The molecule has 3 aromatic rings. The first kappa shape index (κ1) is 27.0. The Kier molecular flexibility index (Phi) is 9.00. The van der Waals surface area contributed by atoms with Gasteiger partial charge in [-0.1, -0.05) is 12.1 Å². The predicted molar refractivity (Wildman–Crippen MR) is 154 cm³/mol. The molecule has 12 nitrogen and oxygen atoms in total. The highest BCUT2D eigenvalue weighted by Gasteiger charge is 2.21. The summed E-state index contributed by atoms with van der Waals surface area (Å²) < 4.78 is 22.8. The van der Waals surface area contributed by atoms with Crippen LogP contribution in [0.4, 0.5) is 17.8 Å². The summed E-state index contributed by atoms with van der Waals surface area (Å²) in [4.78, 5) is 30.7. The number of esters is 1. The third kappa shape index (κ3) is 6.91. The Labute approximate surface area is 239 Å². The summed E-state index contributed by atoms with van der Waals surface area (Å²) in [5.74, 6) is 1.75. The molecule has 0 bridgehead atoms. The minimum atomic E-state index is -0.455. The van der Waals surface area contributed by atoms with E-state index in [2.05, 4.69) is 52.9 Å². The lowest BCUT2D eigenvalue weighted by Gasteiger charge is -2.30. The van der Waals surface area contributed by atoms with Crippen LogP contribution in [-0.4, -0.2) is 86.9 Å². The van der Waals surface area contributed by atoms with Crippen LogP contribution < -0.4 is 24.7 Å². The van der Waals surface area contributed by atoms with Gasteiger partial charge in [-0.05, 0) is 58.5 Å². The Bertz CT molecular complexity index is 1290. The number of nitrogens with zero attached hydrogens (tertiary/aromatic N) is 6. The molecule has 5 rings (SSSR count). The van der Waals surface area contributed by atoms with Crippen LogP contribution in [0, 0.1) is 3.57 Å². The van der Waals surface area contributed by atoms with E-state index in [4.69, 9.17) is 23.9 Å². The van der Waals surface area contributed by atoms with Crippen molar-refractivity contribution in [3.05, 3.63) is 57.2 Å². The van der Waals surface area contributed by atoms with Gasteiger partial charge in [0.15, 0.2) is 11.5 Å². The molecule has 0 aliphatic carbocycles. The summed E-state index contributed by atoms with van der Waals surface area (Å²) in [5, 5.41) is 4.33. The zero-order chi connectivity index (χ0) is 27.0. The molecule has 2 fully saturated rings. The van der Waals surface area contributed by atoms with E-state index in [1.165, 1.54) is 7.11 Å². The van der Waals surface area contributed by atoms with Gasteiger partial charge in [-0.2, -0.15) is 20.1 Å². The Hall–Kier alpha value is -3.56. The molecular weight excluding hydrogens is 617 g/mol. The van der Waals surface area contributed by atoms with Crippen LogP contribution in [0.1, 0.15) is 15.9 Å². The lowest BCUT2D eigenvalue weighted by atomic mass is 10.2. The highest BCUT2D eigenvalue weighted by molar-refractivity contribution is 14.1. The largest absolute Gasteiger partial charge is 0.493 e. The monoisotopic (exact) mass is 645 g/mol. The van der Waals surface area contributed by atoms with Gasteiger partial charge < -0.3 is 28.7 Å². The average Bonchev–Trinajstić information content (AvgIpc) is 2.98. The number of hydrogen-bond acceptors (Lipinski definition) is 12. The zero-order valence-electron chi connectivity index (χ0n) is 21.4. The molecule has 204 valence electrons. The van der Waals surface area contributed by atoms with Crippen LogP contribution in [0.25, 0.3) is 0 Å². The number of hydrazone groups is 1. The lowest BCUT2D eigenvalue weighted by molar-refractivity contribution is 0.0728. The van der Waals surface area contributed by atoms with E-state index in [0.717, 1.165) is 9.13 Å². The molecule has 2 aromatic carbocycles. The molecule has 39 heavy (non-hydrogen) atoms. The molecule has 0 spiro atoms. The van der Waals surface area contributed by atoms with E-state index >= 15 is 0 Å². The highest BCUT2D eigenvalue weighted by atomic mass is 127. The molecule has 0 amide bonds. The minimum absolute atomic E-state index is 0.315. The molecule has 0 unspecified atom stereocenters. The molecular formula is C26H28IN7O5. The van der Waals surface area contributed by atoms with Gasteiger partial charge in [0.05, 0.1) is 45.3 Å². The first-order valence-electron chi connectivity index (χ1n) is 12.5. The number of nitrogens with one attached hydrogen (secondary N) is 1. The predicted octanol–water partition coefficient (Wildman–Crippen LogP) is 2.82. The van der Waals surface area contributed by atoms with Crippen molar-refractivity contribution in [3.8, 4) is 11.5 Å². The average molecular weight is 645 g/mol. The van der Waals surface area contributed by atoms with Crippen LogP contribution in [0.15, 0.2) is 47.6 Å². The number of halogens is 1. The zero-order valence-corrected chi connectivity index (χ0v) is 23.5. The fourth-order valence-corrected chi connectivity index (χ4v) is 4.62. The molecule has 0 saturated carbocycles. The van der Waals surface area contributed by atoms with Gasteiger partial charge in [-0.3, -0.25) is 0 Å². The lowest BCUT2D eigenvalue weighted by Crippen LogP contribution is -2.40. The van der Waals surface area contributed by atoms with Crippen LogP contribution in [0.2, 0.25) is 0 Å². The van der Waals surface area contributed by atoms with Crippen LogP contribution in [0.5, 0.6) is 11.5 Å². The Morgan fingerprint density at radius 2 is 1.59 bits per heavy atom. The molecule has 3 heterocycles. The van der Waals surface area contributed by atoms with Gasteiger partial charge in [0.25, 0.3) is 0 Å². The fraction of sp³-hybridized carbons (Fsp3) is 0.346. The number of aromatic nitrogens is 3. The first-order chi connectivity index (χ1) is 19.1. The quantitative estimate of drug-likeness (QED) is 0.128. The van der Waals surface area contributed by atoms with Gasteiger partial charge in [0.1, 0.15) is 0 Å². The second kappa shape index (κ2) is 13.0. The topological polar surface area (TPSA) is 124 Å². The van der Waals surface area contributed by atoms with Gasteiger partial charge in [0.2, 0.25) is 17.8 Å². The van der Waals surface area contributed by atoms with Gasteiger partial charge in [0, 0.05) is 29.7 Å². The van der Waals surface area contributed by atoms with Crippen LogP contribution >= 0.6 is 22.6 Å². The number of morpholine rings is 2. The smallest absolute Gasteiger partial charge is 0.344 e. The van der Waals surface area contributed by atoms with Crippen molar-refractivity contribution in [2.24, 2.45) is 5.10 Å². The molecule has 2 saturated heterocycles. The van der Waals surface area contributed by atoms with E-state index in [1.807, 2.05) is 12.1 Å². The van der Waals surface area contributed by atoms with Gasteiger partial charge in [-0.25, -0.2) is 10.2 Å². The number of carbonyl (C=O) groups excluding carboxylic acids is 1. The summed E-state index contributed by atoms with van der Waals surface area (Å²) in [6.07, 6.45) is 1.61. The third-order valence-electron chi connectivity index (χ3n) is 6.06. The van der Waals surface area contributed by atoms with E-state index in [-0.39, 0.29) is 0 Å². The van der Waals surface area contributed by atoms with Crippen molar-refractivity contribution in [1.82, 2.24) is 15.0 Å². The number of benzene rings is 2. The molecule has 1 aromatic heterocycles. The van der Waals surface area contributed by atoms with E-state index in [9.17, 15) is 4.79 Å². The summed E-state index contributed by atoms with van der Waals surface area (Å²) in [7, 11) is 1.52. The number of rotatable bonds is 8. The van der Waals surface area contributed by atoms with E-state index in [1.54, 1.807) is 36.5 Å². The molecule has 0 radical (unpaired) electrons. The number of methoxy groups -OCH3 is 1. The van der Waals surface area contributed by atoms with Crippen molar-refractivity contribution >= 4 is 52.6 Å². The maximum absolute atomic E-state index is 12.6. The Morgan fingerprint density at radius 1 is 0.949 bits per heavy atom. The Morgan fingerprint density at radius 3 is 2.21 bits per heavy atom. The first-order valence-corrected chi connectivity index (χ1v) is 13.5. The van der Waals surface area contributed by atoms with Gasteiger partial charge in [-0.15, -0.1) is 0 Å².